The zero-order valence-corrected chi connectivity index (χ0v) is 16.0. The molecule has 1 saturated heterocycles. The Hall–Kier alpha value is -1.01. The first kappa shape index (κ1) is 18.3. The Balaban J connectivity index is 1.77. The van der Waals surface area contributed by atoms with Crippen LogP contribution in [-0.2, 0) is 14.3 Å². The number of benzene rings is 1. The van der Waals surface area contributed by atoms with Gasteiger partial charge in [0.1, 0.15) is 0 Å². The molecule has 0 aliphatic carbocycles. The number of thioether (sulfide) groups is 1. The van der Waals surface area contributed by atoms with Crippen molar-refractivity contribution in [3.63, 3.8) is 0 Å². The van der Waals surface area contributed by atoms with Crippen molar-refractivity contribution < 1.29 is 14.3 Å². The van der Waals surface area contributed by atoms with Crippen LogP contribution in [0, 0.1) is 13.8 Å². The number of likely N-dealkylation sites (tertiary alicyclic amines) is 1. The molecule has 1 aliphatic heterocycles. The standard InChI is InChI=1S/C17H22BrNO3S/c1-12-9-15(13(2)8-14(12)18)23-11-17(21)22-10-16(20)19-6-4-3-5-7-19/h8-9H,3-7,10-11H2,1-2H3. The second kappa shape index (κ2) is 8.73. The van der Waals surface area contributed by atoms with Crippen LogP contribution in [0.15, 0.2) is 21.5 Å². The molecule has 1 heterocycles. The number of rotatable bonds is 5. The van der Waals surface area contributed by atoms with Gasteiger partial charge in [0.25, 0.3) is 5.91 Å². The van der Waals surface area contributed by atoms with Crippen LogP contribution in [0.2, 0.25) is 0 Å². The molecule has 1 aromatic carbocycles. The van der Waals surface area contributed by atoms with Crippen molar-refractivity contribution in [1.82, 2.24) is 4.90 Å². The number of ether oxygens (including phenoxy) is 1. The first-order chi connectivity index (χ1) is 11.0. The highest BCUT2D eigenvalue weighted by Crippen LogP contribution is 2.28. The second-order valence-corrected chi connectivity index (χ2v) is 7.63. The van der Waals surface area contributed by atoms with E-state index in [1.165, 1.54) is 18.2 Å². The summed E-state index contributed by atoms with van der Waals surface area (Å²) in [5.41, 5.74) is 2.25. The largest absolute Gasteiger partial charge is 0.455 e. The van der Waals surface area contributed by atoms with E-state index in [-0.39, 0.29) is 24.2 Å². The van der Waals surface area contributed by atoms with Crippen molar-refractivity contribution in [2.75, 3.05) is 25.4 Å². The van der Waals surface area contributed by atoms with Crippen LogP contribution in [0.3, 0.4) is 0 Å². The fourth-order valence-corrected chi connectivity index (χ4v) is 3.83. The number of esters is 1. The SMILES string of the molecule is Cc1cc(SCC(=O)OCC(=O)N2CCCCC2)c(C)cc1Br. The van der Waals surface area contributed by atoms with Gasteiger partial charge in [0.2, 0.25) is 0 Å². The minimum atomic E-state index is -0.347. The predicted octanol–water partition coefficient (Wildman–Crippen LogP) is 3.71. The number of piperidine rings is 1. The molecule has 0 atom stereocenters. The number of amides is 1. The molecule has 126 valence electrons. The fraction of sp³-hybridized carbons (Fsp3) is 0.529. The van der Waals surface area contributed by atoms with E-state index >= 15 is 0 Å². The van der Waals surface area contributed by atoms with E-state index < -0.39 is 0 Å². The summed E-state index contributed by atoms with van der Waals surface area (Å²) in [6.45, 7) is 5.45. The van der Waals surface area contributed by atoms with E-state index in [1.807, 2.05) is 19.9 Å². The molecule has 2 rings (SSSR count). The summed E-state index contributed by atoms with van der Waals surface area (Å²) in [7, 11) is 0. The molecule has 1 fully saturated rings. The van der Waals surface area contributed by atoms with E-state index in [0.29, 0.717) is 0 Å². The maximum atomic E-state index is 11.9. The average molecular weight is 400 g/mol. The Labute approximate surface area is 150 Å². The minimum Gasteiger partial charge on any atom is -0.455 e. The lowest BCUT2D eigenvalue weighted by Crippen LogP contribution is -2.38. The molecule has 0 bridgehead atoms. The van der Waals surface area contributed by atoms with Gasteiger partial charge in [-0.1, -0.05) is 15.9 Å². The van der Waals surface area contributed by atoms with Gasteiger partial charge in [0.15, 0.2) is 6.61 Å². The Kier molecular flexibility index (Phi) is 6.96. The Morgan fingerprint density at radius 1 is 1.17 bits per heavy atom. The van der Waals surface area contributed by atoms with Gasteiger partial charge in [0, 0.05) is 22.5 Å². The molecule has 4 nitrogen and oxygen atoms in total. The zero-order chi connectivity index (χ0) is 16.8. The van der Waals surface area contributed by atoms with E-state index in [2.05, 4.69) is 22.0 Å². The molecule has 6 heteroatoms. The van der Waals surface area contributed by atoms with Gasteiger partial charge >= 0.3 is 5.97 Å². The van der Waals surface area contributed by atoms with Crippen molar-refractivity contribution in [2.24, 2.45) is 0 Å². The zero-order valence-electron chi connectivity index (χ0n) is 13.6. The first-order valence-corrected chi connectivity index (χ1v) is 9.58. The summed E-state index contributed by atoms with van der Waals surface area (Å²) in [5, 5.41) is 0. The van der Waals surface area contributed by atoms with Gasteiger partial charge in [-0.3, -0.25) is 9.59 Å². The van der Waals surface area contributed by atoms with E-state index in [0.717, 1.165) is 46.4 Å². The number of carbonyl (C=O) groups excluding carboxylic acids is 2. The monoisotopic (exact) mass is 399 g/mol. The first-order valence-electron chi connectivity index (χ1n) is 7.80. The third kappa shape index (κ3) is 5.53. The van der Waals surface area contributed by atoms with E-state index in [1.54, 1.807) is 4.90 Å². The highest BCUT2D eigenvalue weighted by atomic mass is 79.9. The van der Waals surface area contributed by atoms with Crippen LogP contribution in [0.1, 0.15) is 30.4 Å². The van der Waals surface area contributed by atoms with E-state index in [4.69, 9.17) is 4.74 Å². The topological polar surface area (TPSA) is 46.6 Å². The number of halogens is 1. The average Bonchev–Trinajstić information content (AvgIpc) is 2.55. The predicted molar refractivity (Wildman–Crippen MR) is 95.7 cm³/mol. The van der Waals surface area contributed by atoms with E-state index in [9.17, 15) is 9.59 Å². The number of hydrogen-bond donors (Lipinski definition) is 0. The van der Waals surface area contributed by atoms with Crippen LogP contribution in [-0.4, -0.2) is 42.2 Å². The van der Waals surface area contributed by atoms with Crippen molar-refractivity contribution in [3.05, 3.63) is 27.7 Å². The van der Waals surface area contributed by atoms with Gasteiger partial charge in [-0.25, -0.2) is 0 Å². The highest BCUT2D eigenvalue weighted by molar-refractivity contribution is 9.10. The summed E-state index contributed by atoms with van der Waals surface area (Å²) in [5.74, 6) is -0.214. The van der Waals surface area contributed by atoms with Crippen LogP contribution in [0.25, 0.3) is 0 Å². The Morgan fingerprint density at radius 3 is 2.57 bits per heavy atom. The summed E-state index contributed by atoms with van der Waals surface area (Å²) in [4.78, 5) is 26.6. The molecule has 0 radical (unpaired) electrons. The lowest BCUT2D eigenvalue weighted by Gasteiger charge is -2.26. The van der Waals surface area contributed by atoms with Gasteiger partial charge in [-0.15, -0.1) is 11.8 Å². The van der Waals surface area contributed by atoms with Crippen molar-refractivity contribution in [1.29, 1.82) is 0 Å². The third-order valence-corrected chi connectivity index (χ3v) is 5.85. The van der Waals surface area contributed by atoms with Gasteiger partial charge in [-0.05, 0) is 56.4 Å². The molecule has 1 amide bonds. The number of hydrogen-bond acceptors (Lipinski definition) is 4. The van der Waals surface area contributed by atoms with Crippen LogP contribution >= 0.6 is 27.7 Å². The highest BCUT2D eigenvalue weighted by Gasteiger charge is 2.18. The summed E-state index contributed by atoms with van der Waals surface area (Å²) in [6.07, 6.45) is 3.25. The molecule has 0 unspecified atom stereocenters. The van der Waals surface area contributed by atoms with Crippen molar-refractivity contribution >= 4 is 39.6 Å². The minimum absolute atomic E-state index is 0.0845. The van der Waals surface area contributed by atoms with Gasteiger partial charge in [0.05, 0.1) is 5.75 Å². The lowest BCUT2D eigenvalue weighted by molar-refractivity contribution is -0.150. The third-order valence-electron chi connectivity index (χ3n) is 3.87. The number of aryl methyl sites for hydroxylation is 2. The molecule has 1 aromatic rings. The quantitative estimate of drug-likeness (QED) is 0.559. The Morgan fingerprint density at radius 2 is 1.87 bits per heavy atom. The van der Waals surface area contributed by atoms with Gasteiger partial charge in [-0.2, -0.15) is 0 Å². The smallest absolute Gasteiger partial charge is 0.316 e. The molecular weight excluding hydrogens is 378 g/mol. The normalized spacial score (nSPS) is 14.7. The molecule has 0 saturated carbocycles. The molecular formula is C17H22BrNO3S. The van der Waals surface area contributed by atoms with Crippen molar-refractivity contribution in [2.45, 2.75) is 38.0 Å². The van der Waals surface area contributed by atoms with Crippen LogP contribution in [0.5, 0.6) is 0 Å². The summed E-state index contributed by atoms with van der Waals surface area (Å²) >= 11 is 4.94. The van der Waals surface area contributed by atoms with Crippen molar-refractivity contribution in [3.8, 4) is 0 Å². The number of nitrogens with zero attached hydrogens (tertiary/aromatic N) is 1. The Bertz CT molecular complexity index is 585. The maximum Gasteiger partial charge on any atom is 0.316 e. The summed E-state index contributed by atoms with van der Waals surface area (Å²) in [6, 6.07) is 4.10. The van der Waals surface area contributed by atoms with Gasteiger partial charge < -0.3 is 9.64 Å². The number of carbonyl (C=O) groups is 2. The van der Waals surface area contributed by atoms with Crippen LogP contribution in [0.4, 0.5) is 0 Å². The molecule has 1 aliphatic rings. The summed E-state index contributed by atoms with van der Waals surface area (Å²) < 4.78 is 6.18. The maximum absolute atomic E-state index is 11.9. The lowest BCUT2D eigenvalue weighted by atomic mass is 10.1. The second-order valence-electron chi connectivity index (χ2n) is 5.76. The fourth-order valence-electron chi connectivity index (χ4n) is 2.47. The molecule has 0 N–H and O–H groups in total. The molecule has 23 heavy (non-hydrogen) atoms. The molecule has 0 spiro atoms. The molecule has 0 aromatic heterocycles. The van der Waals surface area contributed by atoms with Crippen LogP contribution < -0.4 is 0 Å².